The minimum absolute atomic E-state index is 0.112. The van der Waals surface area contributed by atoms with Gasteiger partial charge in [-0.3, -0.25) is 0 Å². The van der Waals surface area contributed by atoms with E-state index in [0.717, 1.165) is 103 Å². The molecule has 0 atom stereocenters. The first-order valence-corrected chi connectivity index (χ1v) is 28.3. The van der Waals surface area contributed by atoms with Crippen molar-refractivity contribution < 1.29 is 14.2 Å². The maximum absolute atomic E-state index is 6.20. The van der Waals surface area contributed by atoms with Crippen LogP contribution in [0.25, 0.3) is 24.3 Å². The number of benzene rings is 10. The topological polar surface area (TPSA) is 37.4 Å². The molecule has 10 aromatic rings. The first kappa shape index (κ1) is 54.8. The molecule has 0 radical (unpaired) electrons. The normalized spacial score (nSPS) is 11.4. The van der Waals surface area contributed by atoms with Crippen LogP contribution in [0.5, 0.6) is 23.0 Å². The Hall–Kier alpha value is -9.52. The van der Waals surface area contributed by atoms with Gasteiger partial charge in [0.05, 0.1) is 12.2 Å². The summed E-state index contributed by atoms with van der Waals surface area (Å²) >= 11 is 0. The fourth-order valence-corrected chi connectivity index (χ4v) is 9.86. The predicted molar refractivity (Wildman–Crippen MR) is 343 cm³/mol. The van der Waals surface area contributed by atoms with Crippen LogP contribution in [0.3, 0.4) is 0 Å². The highest BCUT2D eigenvalue weighted by Gasteiger charge is 2.17. The summed E-state index contributed by atoms with van der Waals surface area (Å²) in [7, 11) is 0. The van der Waals surface area contributed by atoms with Gasteiger partial charge in [-0.2, -0.15) is 0 Å². The van der Waals surface area contributed by atoms with Gasteiger partial charge < -0.3 is 28.9 Å². The van der Waals surface area contributed by atoms with Gasteiger partial charge in [0.15, 0.2) is 0 Å². The second-order valence-electron chi connectivity index (χ2n) is 20.8. The van der Waals surface area contributed by atoms with Gasteiger partial charge in [0, 0.05) is 51.2 Å². The number of aryl methyl sites for hydroxylation is 2. The van der Waals surface area contributed by atoms with Crippen molar-refractivity contribution in [1.29, 1.82) is 0 Å². The van der Waals surface area contributed by atoms with E-state index in [-0.39, 0.29) is 12.2 Å². The van der Waals surface area contributed by atoms with Crippen molar-refractivity contribution in [2.45, 2.75) is 73.0 Å². The van der Waals surface area contributed by atoms with E-state index in [1.807, 2.05) is 68.4 Å². The first-order chi connectivity index (χ1) is 39.6. The Morgan fingerprint density at radius 2 is 0.679 bits per heavy atom. The summed E-state index contributed by atoms with van der Waals surface area (Å²) in [5.74, 6) is 3.30. The molecule has 0 aliphatic heterocycles. The number of rotatable bonds is 22. The SMILES string of the molecule is CCCCc1ccc(N(c2ccc(/C=C/c3ccc(N(c4ccc(/C=C/c5ccc(N(c6ccccc6)c6ccc(OC(C)C)cc6)cc5C)cc4)c4ccc(Oc5ccccc5)cc4)cc3)cc2)c2ccc(OC(C)C)cc2)cc1. The number of para-hydroxylation sites is 2. The van der Waals surface area contributed by atoms with Crippen LogP contribution in [0.1, 0.15) is 80.8 Å². The number of hydrogen-bond acceptors (Lipinski definition) is 6. The number of anilines is 9. The lowest BCUT2D eigenvalue weighted by molar-refractivity contribution is 0.242. The first-order valence-electron chi connectivity index (χ1n) is 28.3. The van der Waals surface area contributed by atoms with E-state index >= 15 is 0 Å². The molecule has 6 heteroatoms. The molecule has 10 rings (SSSR count). The van der Waals surface area contributed by atoms with Crippen LogP contribution in [0.2, 0.25) is 0 Å². The number of hydrogen-bond donors (Lipinski definition) is 0. The van der Waals surface area contributed by atoms with Crippen LogP contribution < -0.4 is 28.9 Å². The quantitative estimate of drug-likeness (QED) is 0.0630. The molecule has 0 bridgehead atoms. The van der Waals surface area contributed by atoms with E-state index < -0.39 is 0 Å². The Morgan fingerprint density at radius 3 is 1.09 bits per heavy atom. The summed E-state index contributed by atoms with van der Waals surface area (Å²) < 4.78 is 18.2. The molecule has 0 N–H and O–H groups in total. The second-order valence-corrected chi connectivity index (χ2v) is 20.8. The van der Waals surface area contributed by atoms with E-state index in [1.165, 1.54) is 24.0 Å². The van der Waals surface area contributed by atoms with Crippen LogP contribution in [0.15, 0.2) is 249 Å². The van der Waals surface area contributed by atoms with Crippen LogP contribution >= 0.6 is 0 Å². The summed E-state index contributed by atoms with van der Waals surface area (Å²) in [5.41, 5.74) is 16.6. The molecular weight excluding hydrogens is 991 g/mol. The number of nitrogens with zero attached hydrogens (tertiary/aromatic N) is 3. The average Bonchev–Trinajstić information content (AvgIpc) is 3.50. The molecule has 0 amide bonds. The lowest BCUT2D eigenvalue weighted by Crippen LogP contribution is -2.10. The van der Waals surface area contributed by atoms with E-state index in [0.29, 0.717) is 0 Å². The molecule has 0 aliphatic rings. The molecule has 0 unspecified atom stereocenters. The predicted octanol–water partition coefficient (Wildman–Crippen LogP) is 21.5. The number of ether oxygens (including phenoxy) is 3. The molecule has 0 spiro atoms. The van der Waals surface area contributed by atoms with E-state index in [1.54, 1.807) is 0 Å². The summed E-state index contributed by atoms with van der Waals surface area (Å²) in [5, 5.41) is 0. The van der Waals surface area contributed by atoms with Gasteiger partial charge in [-0.1, -0.05) is 129 Å². The molecule has 6 nitrogen and oxygen atoms in total. The summed E-state index contributed by atoms with van der Waals surface area (Å²) in [4.78, 5) is 6.88. The summed E-state index contributed by atoms with van der Waals surface area (Å²) in [6.07, 6.45) is 12.4. The zero-order valence-corrected chi connectivity index (χ0v) is 47.3. The van der Waals surface area contributed by atoms with Gasteiger partial charge in [-0.25, -0.2) is 0 Å². The van der Waals surface area contributed by atoms with Crippen LogP contribution in [-0.2, 0) is 6.42 Å². The minimum atomic E-state index is 0.112. The van der Waals surface area contributed by atoms with Crippen molar-refractivity contribution in [3.05, 3.63) is 282 Å². The van der Waals surface area contributed by atoms with Crippen LogP contribution in [0, 0.1) is 6.92 Å². The highest BCUT2D eigenvalue weighted by Crippen LogP contribution is 2.40. The van der Waals surface area contributed by atoms with Gasteiger partial charge in [-0.05, 0) is 239 Å². The summed E-state index contributed by atoms with van der Waals surface area (Å²) in [6.45, 7) is 12.6. The standard InChI is InChI=1S/C75H71N3O3/c1-7-8-15-58-23-33-64(34-24-58)76(68-42-48-73(49-43-68)79-55(2)3)65-35-25-59(26-36-65)20-21-60-27-37-66(38-28-60)77(69-46-52-75(53-47-69)81-72-18-13-10-14-19-72)67-39-29-61(30-40-67)22-31-62-32-41-71(54-57(62)6)78(63-16-11-9-12-17-63)70-44-50-74(51-45-70)80-56(4)5/h9-14,16-56H,7-8,15H2,1-6H3/b21-20+,31-22+. The number of unbranched alkanes of at least 4 members (excludes halogenated alkanes) is 1. The highest BCUT2D eigenvalue weighted by atomic mass is 16.5. The Morgan fingerprint density at radius 1 is 0.346 bits per heavy atom. The average molecular weight is 1060 g/mol. The Labute approximate surface area is 480 Å². The Kier molecular flexibility index (Phi) is 17.9. The molecule has 0 saturated carbocycles. The highest BCUT2D eigenvalue weighted by molar-refractivity contribution is 5.83. The fraction of sp³-hybridized carbons (Fsp3) is 0.147. The molecule has 0 saturated heterocycles. The van der Waals surface area contributed by atoms with Crippen molar-refractivity contribution in [3.63, 3.8) is 0 Å². The largest absolute Gasteiger partial charge is 0.491 e. The third kappa shape index (κ3) is 14.4. The monoisotopic (exact) mass is 1060 g/mol. The van der Waals surface area contributed by atoms with Crippen molar-refractivity contribution in [2.75, 3.05) is 14.7 Å². The lowest BCUT2D eigenvalue weighted by atomic mass is 10.0. The molecule has 404 valence electrons. The zero-order valence-electron chi connectivity index (χ0n) is 47.3. The smallest absolute Gasteiger partial charge is 0.127 e. The van der Waals surface area contributed by atoms with Crippen molar-refractivity contribution >= 4 is 75.5 Å². The van der Waals surface area contributed by atoms with E-state index in [9.17, 15) is 0 Å². The lowest BCUT2D eigenvalue weighted by Gasteiger charge is -2.26. The molecule has 0 heterocycles. The van der Waals surface area contributed by atoms with E-state index in [4.69, 9.17) is 14.2 Å². The van der Waals surface area contributed by atoms with Gasteiger partial charge in [-0.15, -0.1) is 0 Å². The van der Waals surface area contributed by atoms with Gasteiger partial charge >= 0.3 is 0 Å². The van der Waals surface area contributed by atoms with Gasteiger partial charge in [0.1, 0.15) is 23.0 Å². The van der Waals surface area contributed by atoms with Crippen molar-refractivity contribution in [1.82, 2.24) is 0 Å². The van der Waals surface area contributed by atoms with Crippen molar-refractivity contribution in [2.24, 2.45) is 0 Å². The molecule has 0 fully saturated rings. The molecule has 81 heavy (non-hydrogen) atoms. The minimum Gasteiger partial charge on any atom is -0.491 e. The third-order valence-electron chi connectivity index (χ3n) is 13.9. The Bertz CT molecular complexity index is 3610. The summed E-state index contributed by atoms with van der Waals surface area (Å²) in [6, 6.07) is 87.3. The molecule has 0 aliphatic carbocycles. The Balaban J connectivity index is 0.874. The maximum Gasteiger partial charge on any atom is 0.127 e. The molecule has 0 aromatic heterocycles. The molecule has 10 aromatic carbocycles. The van der Waals surface area contributed by atoms with Crippen LogP contribution in [0.4, 0.5) is 51.2 Å². The van der Waals surface area contributed by atoms with Gasteiger partial charge in [0.2, 0.25) is 0 Å². The zero-order chi connectivity index (χ0) is 55.9. The van der Waals surface area contributed by atoms with Crippen molar-refractivity contribution in [3.8, 4) is 23.0 Å². The fourth-order valence-electron chi connectivity index (χ4n) is 9.86. The second kappa shape index (κ2) is 26.4. The van der Waals surface area contributed by atoms with Crippen LogP contribution in [-0.4, -0.2) is 12.2 Å². The maximum atomic E-state index is 6.20. The molecular formula is C75H71N3O3. The third-order valence-corrected chi connectivity index (χ3v) is 13.9. The van der Waals surface area contributed by atoms with Gasteiger partial charge in [0.25, 0.3) is 0 Å². The van der Waals surface area contributed by atoms with E-state index in [2.05, 4.69) is 261 Å².